The van der Waals surface area contributed by atoms with Crippen molar-refractivity contribution in [3.05, 3.63) is 0 Å². The number of hydrogen-bond donors (Lipinski definition) is 0. The van der Waals surface area contributed by atoms with Crippen LogP contribution >= 0.6 is 0 Å². The zero-order valence-corrected chi connectivity index (χ0v) is 14.7. The maximum atomic E-state index is 11.5. The number of carbonyl (C=O) groups excluding carboxylic acids is 4. The van der Waals surface area contributed by atoms with Gasteiger partial charge >= 0.3 is 23.9 Å². The summed E-state index contributed by atoms with van der Waals surface area (Å²) in [7, 11) is 1.32. The van der Waals surface area contributed by atoms with E-state index in [1.54, 1.807) is 0 Å². The zero-order chi connectivity index (χ0) is 19.1. The van der Waals surface area contributed by atoms with Gasteiger partial charge in [-0.15, -0.1) is 0 Å². The first-order valence-corrected chi connectivity index (χ1v) is 7.49. The smallest absolute Gasteiger partial charge is 0.305 e. The zero-order valence-electron chi connectivity index (χ0n) is 14.7. The highest BCUT2D eigenvalue weighted by atomic mass is 16.7. The van der Waals surface area contributed by atoms with Gasteiger partial charge in [-0.3, -0.25) is 19.2 Å². The second kappa shape index (κ2) is 9.33. The molecule has 0 radical (unpaired) electrons. The molecule has 1 saturated heterocycles. The molecule has 0 aromatic rings. The number of methoxy groups -OCH3 is 1. The molecule has 0 aromatic heterocycles. The van der Waals surface area contributed by atoms with Crippen LogP contribution in [0.4, 0.5) is 0 Å². The molecule has 25 heavy (non-hydrogen) atoms. The minimum Gasteiger partial charge on any atom is -0.463 e. The maximum Gasteiger partial charge on any atom is 0.305 e. The Bertz CT molecular complexity index is 516. The van der Waals surface area contributed by atoms with E-state index in [0.29, 0.717) is 0 Å². The maximum absolute atomic E-state index is 11.5. The van der Waals surface area contributed by atoms with Gasteiger partial charge in [0, 0.05) is 34.8 Å². The molecule has 0 N–H and O–H groups in total. The molecule has 1 heterocycles. The lowest BCUT2D eigenvalue weighted by Crippen LogP contribution is -2.62. The molecule has 1 aliphatic heterocycles. The summed E-state index contributed by atoms with van der Waals surface area (Å²) >= 11 is 0. The van der Waals surface area contributed by atoms with E-state index >= 15 is 0 Å². The topological polar surface area (TPSA) is 124 Å². The predicted octanol–water partition coefficient (Wildman–Crippen LogP) is -0.284. The lowest BCUT2D eigenvalue weighted by atomic mass is 9.98. The van der Waals surface area contributed by atoms with Crippen LogP contribution < -0.4 is 0 Å². The van der Waals surface area contributed by atoms with E-state index in [-0.39, 0.29) is 6.61 Å². The first kappa shape index (κ1) is 20.8. The fraction of sp³-hybridized carbons (Fsp3) is 0.733. The van der Waals surface area contributed by atoms with Gasteiger partial charge in [-0.05, 0) is 0 Å². The van der Waals surface area contributed by atoms with Gasteiger partial charge in [0.2, 0.25) is 12.4 Å². The summed E-state index contributed by atoms with van der Waals surface area (Å²) in [5.41, 5.74) is 0. The van der Waals surface area contributed by atoms with Crippen LogP contribution in [-0.4, -0.2) is 68.3 Å². The average Bonchev–Trinajstić information content (AvgIpc) is 2.47. The van der Waals surface area contributed by atoms with E-state index in [4.69, 9.17) is 28.4 Å². The highest BCUT2D eigenvalue weighted by molar-refractivity contribution is 5.68. The first-order valence-electron chi connectivity index (χ1n) is 7.49. The van der Waals surface area contributed by atoms with Crippen LogP contribution in [0.2, 0.25) is 0 Å². The first-order chi connectivity index (χ1) is 11.6. The molecule has 0 amide bonds. The van der Waals surface area contributed by atoms with E-state index in [2.05, 4.69) is 0 Å². The normalized spacial score (nSPS) is 28.6. The Morgan fingerprint density at radius 1 is 0.760 bits per heavy atom. The van der Waals surface area contributed by atoms with E-state index < -0.39 is 54.6 Å². The Kier molecular flexibility index (Phi) is 7.78. The SMILES string of the molecule is CO[C@H]1C(COC(C)=O)O[C@@H](OC(C)=O)C(OC(C)=O)C1OC(C)=O. The third-order valence-electron chi connectivity index (χ3n) is 3.20. The van der Waals surface area contributed by atoms with Crippen LogP contribution in [-0.2, 0) is 47.6 Å². The Morgan fingerprint density at radius 3 is 1.72 bits per heavy atom. The van der Waals surface area contributed by atoms with Crippen molar-refractivity contribution in [3.63, 3.8) is 0 Å². The molecule has 3 unspecified atom stereocenters. The Morgan fingerprint density at radius 2 is 1.28 bits per heavy atom. The van der Waals surface area contributed by atoms with E-state index in [1.165, 1.54) is 14.0 Å². The minimum absolute atomic E-state index is 0.240. The molecular formula is C15H22O10. The van der Waals surface area contributed by atoms with Crippen molar-refractivity contribution in [2.24, 2.45) is 0 Å². The average molecular weight is 362 g/mol. The van der Waals surface area contributed by atoms with Crippen molar-refractivity contribution in [1.82, 2.24) is 0 Å². The Hall–Kier alpha value is -2.20. The molecule has 0 bridgehead atoms. The standard InChI is InChI=1S/C15H22O10/c1-7(16)21-6-11-12(20-5)13(22-8(2)17)14(23-9(3)18)15(25-11)24-10(4)19/h11-15H,6H2,1-5H3/t11?,12-,13?,14?,15+/m0/s1. The highest BCUT2D eigenvalue weighted by Gasteiger charge is 2.52. The van der Waals surface area contributed by atoms with Crippen molar-refractivity contribution in [2.75, 3.05) is 13.7 Å². The Balaban J connectivity index is 3.16. The van der Waals surface area contributed by atoms with Crippen molar-refractivity contribution < 1.29 is 47.6 Å². The molecule has 1 fully saturated rings. The molecule has 0 aliphatic carbocycles. The third-order valence-corrected chi connectivity index (χ3v) is 3.20. The molecule has 1 aliphatic rings. The summed E-state index contributed by atoms with van der Waals surface area (Å²) in [6, 6.07) is 0. The van der Waals surface area contributed by atoms with Gasteiger partial charge in [-0.25, -0.2) is 0 Å². The van der Waals surface area contributed by atoms with Gasteiger partial charge < -0.3 is 28.4 Å². The lowest BCUT2D eigenvalue weighted by molar-refractivity contribution is -0.301. The molecule has 1 rings (SSSR count). The van der Waals surface area contributed by atoms with Crippen LogP contribution in [0.25, 0.3) is 0 Å². The van der Waals surface area contributed by atoms with Gasteiger partial charge in [0.15, 0.2) is 6.10 Å². The molecule has 10 nitrogen and oxygen atoms in total. The van der Waals surface area contributed by atoms with Crippen molar-refractivity contribution >= 4 is 23.9 Å². The van der Waals surface area contributed by atoms with Crippen molar-refractivity contribution in [3.8, 4) is 0 Å². The summed E-state index contributed by atoms with van der Waals surface area (Å²) in [6.07, 6.45) is -5.60. The van der Waals surface area contributed by atoms with Crippen LogP contribution in [0.1, 0.15) is 27.7 Å². The molecular weight excluding hydrogens is 340 g/mol. The van der Waals surface area contributed by atoms with Gasteiger partial charge in [0.05, 0.1) is 0 Å². The lowest BCUT2D eigenvalue weighted by Gasteiger charge is -2.43. The summed E-state index contributed by atoms with van der Waals surface area (Å²) < 4.78 is 31.1. The second-order valence-electron chi connectivity index (χ2n) is 5.30. The van der Waals surface area contributed by atoms with Crippen molar-refractivity contribution in [1.29, 1.82) is 0 Å². The highest BCUT2D eigenvalue weighted by Crippen LogP contribution is 2.29. The quantitative estimate of drug-likeness (QED) is 0.460. The van der Waals surface area contributed by atoms with Gasteiger partial charge in [-0.1, -0.05) is 0 Å². The minimum atomic E-state index is -1.36. The number of carbonyl (C=O) groups is 4. The van der Waals surface area contributed by atoms with Gasteiger partial charge in [0.1, 0.15) is 18.8 Å². The second-order valence-corrected chi connectivity index (χ2v) is 5.30. The number of esters is 4. The van der Waals surface area contributed by atoms with Gasteiger partial charge in [-0.2, -0.15) is 0 Å². The molecule has 142 valence electrons. The van der Waals surface area contributed by atoms with Crippen LogP contribution in [0.5, 0.6) is 0 Å². The molecule has 5 atom stereocenters. The fourth-order valence-electron chi connectivity index (χ4n) is 2.40. The monoisotopic (exact) mass is 362 g/mol. The number of rotatable bonds is 6. The van der Waals surface area contributed by atoms with Crippen molar-refractivity contribution in [2.45, 2.75) is 58.4 Å². The largest absolute Gasteiger partial charge is 0.463 e. The number of ether oxygens (including phenoxy) is 6. The summed E-state index contributed by atoms with van der Waals surface area (Å²) in [6.45, 7) is 4.41. The van der Waals surface area contributed by atoms with Crippen LogP contribution in [0, 0.1) is 0 Å². The molecule has 0 aromatic carbocycles. The predicted molar refractivity (Wildman–Crippen MR) is 79.0 cm³/mol. The number of hydrogen-bond acceptors (Lipinski definition) is 10. The fourth-order valence-corrected chi connectivity index (χ4v) is 2.40. The summed E-state index contributed by atoms with van der Waals surface area (Å²) in [5.74, 6) is -2.63. The van der Waals surface area contributed by atoms with Crippen LogP contribution in [0.3, 0.4) is 0 Å². The molecule has 10 heteroatoms. The van der Waals surface area contributed by atoms with E-state index in [9.17, 15) is 19.2 Å². The van der Waals surface area contributed by atoms with E-state index in [0.717, 1.165) is 20.8 Å². The molecule has 0 saturated carbocycles. The van der Waals surface area contributed by atoms with E-state index in [1.807, 2.05) is 0 Å². The van der Waals surface area contributed by atoms with Crippen LogP contribution in [0.15, 0.2) is 0 Å². The van der Waals surface area contributed by atoms with Gasteiger partial charge in [0.25, 0.3) is 0 Å². The third kappa shape index (κ3) is 6.31. The summed E-state index contributed by atoms with van der Waals surface area (Å²) in [4.78, 5) is 45.2. The summed E-state index contributed by atoms with van der Waals surface area (Å²) in [5, 5.41) is 0. The Labute approximate surface area is 144 Å². The molecule has 0 spiro atoms.